The zero-order valence-electron chi connectivity index (χ0n) is 20.3. The highest BCUT2D eigenvalue weighted by Gasteiger charge is 2.24. The molecular formula is C24H35N5O3. The summed E-state index contributed by atoms with van der Waals surface area (Å²) in [6.45, 7) is 13.0. The Morgan fingerprint density at radius 1 is 1.12 bits per heavy atom. The summed E-state index contributed by atoms with van der Waals surface area (Å²) in [4.78, 5) is 28.5. The number of amides is 2. The minimum absolute atomic E-state index is 0.0580. The molecular weight excluding hydrogens is 406 g/mol. The fourth-order valence-corrected chi connectivity index (χ4v) is 3.30. The standard InChI is InChI=1S/C24H35N5O3/c1-15(30)26-20(25)18(28-22(31)32-24(5,6)7)13-16-9-11-17(12-10-16)19-14-29(8)21(27-19)23(2,3)4/h9-12,14,18H,13H2,1-8H3,(H,28,31)(H2,25,26,30)/t18-/m0/s1. The molecule has 8 nitrogen and oxygen atoms in total. The van der Waals surface area contributed by atoms with Gasteiger partial charge in [-0.1, -0.05) is 45.0 Å². The molecule has 3 N–H and O–H groups in total. The molecule has 0 aliphatic heterocycles. The molecule has 0 radical (unpaired) electrons. The Labute approximate surface area is 190 Å². The summed E-state index contributed by atoms with van der Waals surface area (Å²) in [5.74, 6) is 0.542. The van der Waals surface area contributed by atoms with Crippen molar-refractivity contribution in [2.75, 3.05) is 0 Å². The lowest BCUT2D eigenvalue weighted by molar-refractivity contribution is -0.117. The molecule has 0 saturated carbocycles. The third kappa shape index (κ3) is 7.21. The van der Waals surface area contributed by atoms with Crippen LogP contribution in [0.25, 0.3) is 11.3 Å². The maximum absolute atomic E-state index is 12.3. The van der Waals surface area contributed by atoms with E-state index >= 15 is 0 Å². The van der Waals surface area contributed by atoms with Crippen LogP contribution in [0, 0.1) is 5.41 Å². The van der Waals surface area contributed by atoms with Gasteiger partial charge in [0.1, 0.15) is 17.3 Å². The second kappa shape index (κ2) is 9.54. The first kappa shape index (κ1) is 25.1. The number of aromatic nitrogens is 2. The van der Waals surface area contributed by atoms with Gasteiger partial charge in [0, 0.05) is 31.1 Å². The Hall–Kier alpha value is -3.16. The van der Waals surface area contributed by atoms with Crippen LogP contribution in [-0.2, 0) is 28.4 Å². The Kier molecular flexibility index (Phi) is 7.49. The van der Waals surface area contributed by atoms with Crippen molar-refractivity contribution in [3.63, 3.8) is 0 Å². The van der Waals surface area contributed by atoms with Gasteiger partial charge < -0.3 is 19.9 Å². The third-order valence-corrected chi connectivity index (χ3v) is 4.59. The Morgan fingerprint density at radius 2 is 1.72 bits per heavy atom. The number of ether oxygens (including phenoxy) is 1. The minimum atomic E-state index is -0.734. The molecule has 0 bridgehead atoms. The molecule has 32 heavy (non-hydrogen) atoms. The highest BCUT2D eigenvalue weighted by atomic mass is 16.6. The fraction of sp³-hybridized carbons (Fsp3) is 0.500. The lowest BCUT2D eigenvalue weighted by atomic mass is 9.96. The van der Waals surface area contributed by atoms with Crippen molar-refractivity contribution in [3.05, 3.63) is 41.9 Å². The molecule has 1 aromatic carbocycles. The molecule has 0 fully saturated rings. The normalized spacial score (nSPS) is 12.8. The average Bonchev–Trinajstić information content (AvgIpc) is 3.01. The summed E-state index contributed by atoms with van der Waals surface area (Å²) in [5, 5.41) is 13.3. The van der Waals surface area contributed by atoms with Gasteiger partial charge in [0.2, 0.25) is 5.91 Å². The van der Waals surface area contributed by atoms with Crippen LogP contribution in [0.5, 0.6) is 0 Å². The number of imidazole rings is 1. The summed E-state index contributed by atoms with van der Waals surface area (Å²) in [7, 11) is 1.99. The van der Waals surface area contributed by atoms with Crippen molar-refractivity contribution in [1.29, 1.82) is 5.41 Å². The zero-order valence-corrected chi connectivity index (χ0v) is 20.3. The highest BCUT2D eigenvalue weighted by molar-refractivity contribution is 5.99. The predicted octanol–water partition coefficient (Wildman–Crippen LogP) is 3.93. The first-order valence-corrected chi connectivity index (χ1v) is 10.6. The summed E-state index contributed by atoms with van der Waals surface area (Å²) in [5.41, 5.74) is 2.04. The first-order chi connectivity index (χ1) is 14.7. The molecule has 2 rings (SSSR count). The van der Waals surface area contributed by atoms with Crippen LogP contribution in [-0.4, -0.2) is 39.0 Å². The van der Waals surface area contributed by atoms with Crippen molar-refractivity contribution < 1.29 is 14.3 Å². The molecule has 1 aromatic heterocycles. The molecule has 0 unspecified atom stereocenters. The monoisotopic (exact) mass is 441 g/mol. The van der Waals surface area contributed by atoms with Crippen molar-refractivity contribution in [1.82, 2.24) is 20.2 Å². The van der Waals surface area contributed by atoms with E-state index in [0.29, 0.717) is 6.42 Å². The topological polar surface area (TPSA) is 109 Å². The van der Waals surface area contributed by atoms with Crippen LogP contribution in [0.15, 0.2) is 30.5 Å². The summed E-state index contributed by atoms with van der Waals surface area (Å²) in [6.07, 6.45) is 1.70. The van der Waals surface area contributed by atoms with E-state index in [1.807, 2.05) is 42.1 Å². The molecule has 2 aromatic rings. The van der Waals surface area contributed by atoms with E-state index in [4.69, 9.17) is 15.1 Å². The SMILES string of the molecule is CC(=O)NC(=N)[C@H](Cc1ccc(-c2cn(C)c(C(C)(C)C)n2)cc1)NC(=O)OC(C)(C)C. The summed E-state index contributed by atoms with van der Waals surface area (Å²) < 4.78 is 7.35. The number of nitrogens with zero attached hydrogens (tertiary/aromatic N) is 2. The number of aryl methyl sites for hydroxylation is 1. The molecule has 1 atom stereocenters. The molecule has 174 valence electrons. The Bertz CT molecular complexity index is 979. The first-order valence-electron chi connectivity index (χ1n) is 10.6. The highest BCUT2D eigenvalue weighted by Crippen LogP contribution is 2.26. The van der Waals surface area contributed by atoms with Crippen molar-refractivity contribution >= 4 is 17.8 Å². The van der Waals surface area contributed by atoms with Gasteiger partial charge in [-0.2, -0.15) is 0 Å². The molecule has 2 amide bonds. The van der Waals surface area contributed by atoms with E-state index in [1.165, 1.54) is 6.92 Å². The van der Waals surface area contributed by atoms with Crippen LogP contribution in [0.3, 0.4) is 0 Å². The van der Waals surface area contributed by atoms with Crippen LogP contribution < -0.4 is 10.6 Å². The van der Waals surface area contributed by atoms with Gasteiger partial charge in [-0.15, -0.1) is 0 Å². The van der Waals surface area contributed by atoms with Crippen LogP contribution in [0.2, 0.25) is 0 Å². The van der Waals surface area contributed by atoms with Crippen LogP contribution in [0.1, 0.15) is 59.9 Å². The van der Waals surface area contributed by atoms with E-state index < -0.39 is 17.7 Å². The Morgan fingerprint density at radius 3 is 2.19 bits per heavy atom. The van der Waals surface area contributed by atoms with E-state index in [0.717, 1.165) is 22.6 Å². The number of carbonyl (C=O) groups excluding carboxylic acids is 2. The number of amidine groups is 1. The quantitative estimate of drug-likeness (QED) is 0.482. The number of benzene rings is 1. The number of hydrogen-bond acceptors (Lipinski definition) is 5. The minimum Gasteiger partial charge on any atom is -0.444 e. The summed E-state index contributed by atoms with van der Waals surface area (Å²) in [6, 6.07) is 7.08. The van der Waals surface area contributed by atoms with Gasteiger partial charge in [-0.05, 0) is 32.8 Å². The van der Waals surface area contributed by atoms with Crippen LogP contribution >= 0.6 is 0 Å². The van der Waals surface area contributed by atoms with Crippen LogP contribution in [0.4, 0.5) is 4.79 Å². The van der Waals surface area contributed by atoms with E-state index in [1.54, 1.807) is 20.8 Å². The van der Waals surface area contributed by atoms with Crippen molar-refractivity contribution in [2.45, 2.75) is 71.9 Å². The molecule has 0 aliphatic rings. The lowest BCUT2D eigenvalue weighted by Crippen LogP contribution is -2.50. The molecule has 8 heteroatoms. The molecule has 0 spiro atoms. The molecule has 0 aliphatic carbocycles. The maximum atomic E-state index is 12.3. The van der Waals surface area contributed by atoms with Gasteiger partial charge in [0.15, 0.2) is 0 Å². The van der Waals surface area contributed by atoms with Gasteiger partial charge in [-0.3, -0.25) is 10.2 Å². The lowest BCUT2D eigenvalue weighted by Gasteiger charge is -2.24. The number of rotatable bonds is 5. The van der Waals surface area contributed by atoms with E-state index in [9.17, 15) is 9.59 Å². The van der Waals surface area contributed by atoms with Gasteiger partial charge in [0.25, 0.3) is 0 Å². The number of alkyl carbamates (subject to hydrolysis) is 1. The van der Waals surface area contributed by atoms with E-state index in [2.05, 4.69) is 31.4 Å². The van der Waals surface area contributed by atoms with E-state index in [-0.39, 0.29) is 17.2 Å². The maximum Gasteiger partial charge on any atom is 0.408 e. The molecule has 1 heterocycles. The Balaban J connectivity index is 2.20. The number of hydrogen-bond donors (Lipinski definition) is 3. The fourth-order valence-electron chi connectivity index (χ4n) is 3.30. The van der Waals surface area contributed by atoms with Gasteiger partial charge >= 0.3 is 6.09 Å². The van der Waals surface area contributed by atoms with Gasteiger partial charge in [0.05, 0.1) is 11.7 Å². The van der Waals surface area contributed by atoms with Crippen molar-refractivity contribution in [2.24, 2.45) is 7.05 Å². The zero-order chi connectivity index (χ0) is 24.3. The third-order valence-electron chi connectivity index (χ3n) is 4.59. The second-order valence-electron chi connectivity index (χ2n) is 10.0. The number of nitrogens with one attached hydrogen (secondary N) is 3. The average molecular weight is 442 g/mol. The summed E-state index contributed by atoms with van der Waals surface area (Å²) >= 11 is 0. The van der Waals surface area contributed by atoms with Crippen molar-refractivity contribution in [3.8, 4) is 11.3 Å². The molecule has 0 saturated heterocycles. The second-order valence-corrected chi connectivity index (χ2v) is 10.0. The number of carbonyl (C=O) groups is 2. The largest absolute Gasteiger partial charge is 0.444 e. The smallest absolute Gasteiger partial charge is 0.408 e. The van der Waals surface area contributed by atoms with Gasteiger partial charge in [-0.25, -0.2) is 9.78 Å². The predicted molar refractivity (Wildman–Crippen MR) is 126 cm³/mol.